The van der Waals surface area contributed by atoms with E-state index in [2.05, 4.69) is 15.1 Å². The number of aryl methyl sites for hydroxylation is 1. The summed E-state index contributed by atoms with van der Waals surface area (Å²) in [6.45, 7) is 5.49. The van der Waals surface area contributed by atoms with Gasteiger partial charge in [-0.05, 0) is 45.0 Å². The Morgan fingerprint density at radius 3 is 2.71 bits per heavy atom. The monoisotopic (exact) mass is 416 g/mol. The van der Waals surface area contributed by atoms with Crippen molar-refractivity contribution in [1.29, 1.82) is 0 Å². The van der Waals surface area contributed by atoms with E-state index in [4.69, 9.17) is 13.9 Å². The van der Waals surface area contributed by atoms with Crippen LogP contribution in [0.25, 0.3) is 5.65 Å². The lowest BCUT2D eigenvalue weighted by Crippen LogP contribution is -2.21. The van der Waals surface area contributed by atoms with Crippen LogP contribution in [0.3, 0.4) is 0 Å². The number of ketones is 1. The molecule has 31 heavy (non-hydrogen) atoms. The molecule has 0 amide bonds. The van der Waals surface area contributed by atoms with Crippen molar-refractivity contribution in [3.8, 4) is 11.6 Å². The fraction of sp³-hybridized carbons (Fsp3) is 0.217. The maximum Gasteiger partial charge on any atom is 0.228 e. The largest absolute Gasteiger partial charge is 0.486 e. The molecule has 0 aliphatic carbocycles. The number of fused-ring (bicyclic) bond motifs is 3. The van der Waals surface area contributed by atoms with Crippen LogP contribution >= 0.6 is 0 Å². The van der Waals surface area contributed by atoms with Gasteiger partial charge in [0.05, 0.1) is 17.7 Å². The first kappa shape index (κ1) is 19.0. The predicted molar refractivity (Wildman–Crippen MR) is 111 cm³/mol. The highest BCUT2D eigenvalue weighted by molar-refractivity contribution is 5.97. The summed E-state index contributed by atoms with van der Waals surface area (Å²) in [6, 6.07) is 11.4. The fourth-order valence-corrected chi connectivity index (χ4v) is 3.82. The number of nitrogens with zero attached hydrogens (tertiary/aromatic N) is 4. The molecule has 8 heteroatoms. The van der Waals surface area contributed by atoms with Gasteiger partial charge in [-0.3, -0.25) is 4.79 Å². The van der Waals surface area contributed by atoms with E-state index in [0.29, 0.717) is 40.0 Å². The lowest BCUT2D eigenvalue weighted by atomic mass is 9.85. The third-order valence-electron chi connectivity index (χ3n) is 5.23. The van der Waals surface area contributed by atoms with Gasteiger partial charge in [-0.1, -0.05) is 17.7 Å². The highest BCUT2D eigenvalue weighted by atomic mass is 16.5. The van der Waals surface area contributed by atoms with Gasteiger partial charge in [-0.25, -0.2) is 14.5 Å². The molecule has 1 aromatic carbocycles. The molecule has 5 rings (SSSR count). The molecular formula is C23H20N4O4. The Balaban J connectivity index is 1.57. The molecular weight excluding hydrogens is 396 g/mol. The normalized spacial score (nSPS) is 15.6. The van der Waals surface area contributed by atoms with E-state index >= 15 is 0 Å². The van der Waals surface area contributed by atoms with Crippen molar-refractivity contribution in [3.05, 3.63) is 83.0 Å². The van der Waals surface area contributed by atoms with Crippen LogP contribution in [-0.2, 0) is 11.4 Å². The molecule has 0 unspecified atom stereocenters. The summed E-state index contributed by atoms with van der Waals surface area (Å²) in [7, 11) is 0. The maximum absolute atomic E-state index is 12.5. The van der Waals surface area contributed by atoms with Crippen molar-refractivity contribution >= 4 is 11.4 Å². The van der Waals surface area contributed by atoms with Crippen molar-refractivity contribution in [2.75, 3.05) is 0 Å². The zero-order valence-corrected chi connectivity index (χ0v) is 17.3. The van der Waals surface area contributed by atoms with Crippen molar-refractivity contribution in [1.82, 2.24) is 19.6 Å². The standard InChI is InChI=1S/C23H20N4O4/c1-13-6-8-16(9-7-13)30-11-18-25-22-21-20(17-5-4-10-29-17)19(14(2)28)15(3)31-23(21)24-12-27(22)26-18/h4-10,12,20H,11H2,1-3H3/t20-/m0/s1. The number of hydrogen-bond acceptors (Lipinski definition) is 7. The zero-order chi connectivity index (χ0) is 21.5. The minimum absolute atomic E-state index is 0.103. The van der Waals surface area contributed by atoms with E-state index < -0.39 is 5.92 Å². The topological polar surface area (TPSA) is 91.8 Å². The average Bonchev–Trinajstić information content (AvgIpc) is 3.41. The number of carbonyl (C=O) groups is 1. The molecule has 0 saturated heterocycles. The van der Waals surface area contributed by atoms with E-state index in [1.165, 1.54) is 6.92 Å². The molecule has 0 bridgehead atoms. The smallest absolute Gasteiger partial charge is 0.228 e. The van der Waals surface area contributed by atoms with Gasteiger partial charge in [0.1, 0.15) is 30.2 Å². The van der Waals surface area contributed by atoms with Gasteiger partial charge in [0.2, 0.25) is 5.88 Å². The molecule has 156 valence electrons. The van der Waals surface area contributed by atoms with Crippen LogP contribution in [0.15, 0.2) is 64.7 Å². The molecule has 0 radical (unpaired) electrons. The average molecular weight is 416 g/mol. The SMILES string of the molecule is CC(=O)C1=C(C)Oc2ncn3nc(COc4ccc(C)cc4)nc3c2[C@H]1c1ccco1. The number of ether oxygens (including phenoxy) is 2. The Bertz CT molecular complexity index is 1300. The van der Waals surface area contributed by atoms with Crippen molar-refractivity contribution in [2.45, 2.75) is 33.3 Å². The number of Topliss-reactive ketones (excluding diaryl/α,β-unsaturated/α-hetero) is 1. The third kappa shape index (κ3) is 3.35. The predicted octanol–water partition coefficient (Wildman–Crippen LogP) is 3.99. The number of carbonyl (C=O) groups excluding carboxylic acids is 1. The zero-order valence-electron chi connectivity index (χ0n) is 17.3. The summed E-state index contributed by atoms with van der Waals surface area (Å²) in [5.74, 6) is 2.14. The van der Waals surface area contributed by atoms with E-state index in [-0.39, 0.29) is 12.4 Å². The first-order valence-corrected chi connectivity index (χ1v) is 9.88. The number of hydrogen-bond donors (Lipinski definition) is 0. The molecule has 0 fully saturated rings. The summed E-state index contributed by atoms with van der Waals surface area (Å²) in [5.41, 5.74) is 2.85. The van der Waals surface area contributed by atoms with E-state index in [0.717, 1.165) is 11.3 Å². The van der Waals surface area contributed by atoms with Gasteiger partial charge in [0.25, 0.3) is 0 Å². The van der Waals surface area contributed by atoms with Crippen molar-refractivity contribution in [3.63, 3.8) is 0 Å². The van der Waals surface area contributed by atoms with Gasteiger partial charge in [-0.15, -0.1) is 5.10 Å². The molecule has 4 aromatic rings. The Kier molecular flexibility index (Phi) is 4.54. The Labute approximate surface area is 178 Å². The first-order valence-electron chi connectivity index (χ1n) is 9.88. The number of furan rings is 1. The highest BCUT2D eigenvalue weighted by Gasteiger charge is 2.37. The molecule has 4 heterocycles. The Morgan fingerprint density at radius 2 is 2.00 bits per heavy atom. The van der Waals surface area contributed by atoms with E-state index in [9.17, 15) is 4.79 Å². The van der Waals surface area contributed by atoms with Gasteiger partial charge in [0.15, 0.2) is 17.3 Å². The van der Waals surface area contributed by atoms with Gasteiger partial charge >= 0.3 is 0 Å². The minimum atomic E-state index is -0.484. The van der Waals surface area contributed by atoms with Crippen LogP contribution in [-0.4, -0.2) is 25.4 Å². The molecule has 3 aromatic heterocycles. The van der Waals surface area contributed by atoms with Crippen LogP contribution in [0, 0.1) is 6.92 Å². The molecule has 0 spiro atoms. The van der Waals surface area contributed by atoms with Gasteiger partial charge in [0, 0.05) is 5.57 Å². The number of benzene rings is 1. The van der Waals surface area contributed by atoms with Crippen molar-refractivity contribution < 1.29 is 18.7 Å². The number of aromatic nitrogens is 4. The summed E-state index contributed by atoms with van der Waals surface area (Å²) in [6.07, 6.45) is 3.12. The molecule has 1 atom stereocenters. The van der Waals surface area contributed by atoms with E-state index in [1.807, 2.05) is 37.3 Å². The highest BCUT2D eigenvalue weighted by Crippen LogP contribution is 2.44. The number of rotatable bonds is 5. The lowest BCUT2D eigenvalue weighted by molar-refractivity contribution is -0.114. The quantitative estimate of drug-likeness (QED) is 0.486. The van der Waals surface area contributed by atoms with Crippen LogP contribution in [0.2, 0.25) is 0 Å². The second kappa shape index (κ2) is 7.39. The summed E-state index contributed by atoms with van der Waals surface area (Å²) in [5, 5.41) is 4.49. The second-order valence-electron chi connectivity index (χ2n) is 7.44. The summed E-state index contributed by atoms with van der Waals surface area (Å²) >= 11 is 0. The minimum Gasteiger partial charge on any atom is -0.486 e. The molecule has 0 saturated carbocycles. The summed E-state index contributed by atoms with van der Waals surface area (Å²) < 4.78 is 19.0. The molecule has 1 aliphatic rings. The Hall–Kier alpha value is -3.94. The summed E-state index contributed by atoms with van der Waals surface area (Å²) in [4.78, 5) is 21.6. The van der Waals surface area contributed by atoms with E-state index in [1.54, 1.807) is 30.1 Å². The fourth-order valence-electron chi connectivity index (χ4n) is 3.82. The first-order chi connectivity index (χ1) is 15.0. The molecule has 1 aliphatic heterocycles. The number of allylic oxidation sites excluding steroid dienone is 2. The lowest BCUT2D eigenvalue weighted by Gasteiger charge is -2.26. The van der Waals surface area contributed by atoms with Crippen LogP contribution in [0.4, 0.5) is 0 Å². The second-order valence-corrected chi connectivity index (χ2v) is 7.44. The van der Waals surface area contributed by atoms with Crippen LogP contribution in [0.1, 0.15) is 42.5 Å². The maximum atomic E-state index is 12.5. The van der Waals surface area contributed by atoms with Gasteiger partial charge < -0.3 is 13.9 Å². The van der Waals surface area contributed by atoms with Crippen molar-refractivity contribution in [2.24, 2.45) is 0 Å². The molecule has 0 N–H and O–H groups in total. The Morgan fingerprint density at radius 1 is 1.19 bits per heavy atom. The van der Waals surface area contributed by atoms with Gasteiger partial charge in [-0.2, -0.15) is 0 Å². The van der Waals surface area contributed by atoms with Crippen LogP contribution < -0.4 is 9.47 Å². The molecule has 8 nitrogen and oxygen atoms in total. The van der Waals surface area contributed by atoms with Crippen LogP contribution in [0.5, 0.6) is 11.6 Å². The third-order valence-corrected chi connectivity index (χ3v) is 5.23.